The van der Waals surface area contributed by atoms with Gasteiger partial charge in [-0.3, -0.25) is 0 Å². The monoisotopic (exact) mass is 424 g/mol. The molecule has 1 saturated heterocycles. The molecule has 0 aliphatic carbocycles. The normalized spacial score (nSPS) is 20.4. The second-order valence-electron chi connectivity index (χ2n) is 10.0. The first-order valence-corrected chi connectivity index (χ1v) is 11.2. The van der Waals surface area contributed by atoms with Crippen LogP contribution in [0.15, 0.2) is 59.8 Å². The van der Waals surface area contributed by atoms with Gasteiger partial charge in [-0.15, -0.1) is 4.91 Å². The summed E-state index contributed by atoms with van der Waals surface area (Å²) in [6.07, 6.45) is 2.99. The van der Waals surface area contributed by atoms with Gasteiger partial charge in [0.1, 0.15) is 24.1 Å². The predicted molar refractivity (Wildman–Crippen MR) is 126 cm³/mol. The van der Waals surface area contributed by atoms with Crippen LogP contribution >= 0.6 is 0 Å². The van der Waals surface area contributed by atoms with Gasteiger partial charge < -0.3 is 14.8 Å². The number of benzene rings is 2. The molecule has 3 unspecified atom stereocenters. The molecule has 1 N–H and O–H groups in total. The Bertz CT molecular complexity index is 828. The van der Waals surface area contributed by atoms with Gasteiger partial charge in [0.25, 0.3) is 0 Å². The molecule has 0 saturated carbocycles. The molecule has 1 fully saturated rings. The molecule has 1 aliphatic heterocycles. The minimum absolute atomic E-state index is 0.00433. The standard InChI is InChI=1S/C26H36N2O3/c1-25(2,3)26(4,5)31-24(18-30-22-9-7-6-8-10-22)23-16-15-21(27-23)17-19-11-13-20(28-29)14-12-19/h6-14,21,23-24,27H,15-18H2,1-5H3. The van der Waals surface area contributed by atoms with E-state index in [1.807, 2.05) is 42.5 Å². The highest BCUT2D eigenvalue weighted by atomic mass is 16.5. The van der Waals surface area contributed by atoms with E-state index in [0.717, 1.165) is 25.0 Å². The first-order valence-electron chi connectivity index (χ1n) is 11.2. The number of nitrogens with one attached hydrogen (secondary N) is 1. The first-order chi connectivity index (χ1) is 14.7. The maximum Gasteiger partial charge on any atom is 0.119 e. The fourth-order valence-electron chi connectivity index (χ4n) is 3.76. The van der Waals surface area contributed by atoms with Gasteiger partial charge in [-0.05, 0) is 73.5 Å². The van der Waals surface area contributed by atoms with Crippen LogP contribution in [0.1, 0.15) is 53.0 Å². The Morgan fingerprint density at radius 2 is 1.68 bits per heavy atom. The van der Waals surface area contributed by atoms with Gasteiger partial charge in [-0.2, -0.15) is 0 Å². The average Bonchev–Trinajstić information content (AvgIpc) is 3.20. The molecule has 5 heteroatoms. The summed E-state index contributed by atoms with van der Waals surface area (Å²) in [5.74, 6) is 0.864. The van der Waals surface area contributed by atoms with E-state index >= 15 is 0 Å². The highest BCUT2D eigenvalue weighted by molar-refractivity contribution is 5.38. The van der Waals surface area contributed by atoms with E-state index in [4.69, 9.17) is 9.47 Å². The van der Waals surface area contributed by atoms with Gasteiger partial charge in [-0.1, -0.05) is 51.1 Å². The van der Waals surface area contributed by atoms with Gasteiger partial charge in [0.15, 0.2) is 0 Å². The highest BCUT2D eigenvalue weighted by Gasteiger charge is 2.40. The Morgan fingerprint density at radius 3 is 2.29 bits per heavy atom. The van der Waals surface area contributed by atoms with Crippen molar-refractivity contribution < 1.29 is 9.47 Å². The maximum atomic E-state index is 10.6. The van der Waals surface area contributed by atoms with Gasteiger partial charge in [0.2, 0.25) is 0 Å². The molecule has 2 aromatic rings. The van der Waals surface area contributed by atoms with Crippen LogP contribution in [0.25, 0.3) is 0 Å². The smallest absolute Gasteiger partial charge is 0.119 e. The summed E-state index contributed by atoms with van der Waals surface area (Å²) in [6.45, 7) is 11.5. The summed E-state index contributed by atoms with van der Waals surface area (Å²) in [5.41, 5.74) is 1.38. The van der Waals surface area contributed by atoms with Gasteiger partial charge >= 0.3 is 0 Å². The van der Waals surface area contributed by atoms with Gasteiger partial charge in [0.05, 0.1) is 5.60 Å². The van der Waals surface area contributed by atoms with Crippen molar-refractivity contribution in [2.75, 3.05) is 6.61 Å². The van der Waals surface area contributed by atoms with E-state index in [-0.39, 0.29) is 23.2 Å². The predicted octanol–water partition coefficient (Wildman–Crippen LogP) is 6.04. The average molecular weight is 425 g/mol. The van der Waals surface area contributed by atoms with Crippen LogP contribution in [-0.4, -0.2) is 30.4 Å². The minimum atomic E-state index is -0.296. The lowest BCUT2D eigenvalue weighted by Crippen LogP contribution is -2.51. The third-order valence-corrected chi connectivity index (χ3v) is 6.66. The number of nitroso groups, excluding NO2 is 1. The van der Waals surface area contributed by atoms with Crippen molar-refractivity contribution >= 4 is 5.69 Å². The van der Waals surface area contributed by atoms with E-state index in [1.54, 1.807) is 12.1 Å². The van der Waals surface area contributed by atoms with Crippen molar-refractivity contribution in [1.29, 1.82) is 0 Å². The van der Waals surface area contributed by atoms with Crippen molar-refractivity contribution in [1.82, 2.24) is 5.32 Å². The van der Waals surface area contributed by atoms with Crippen LogP contribution < -0.4 is 10.1 Å². The lowest BCUT2D eigenvalue weighted by atomic mass is 9.79. The lowest BCUT2D eigenvalue weighted by Gasteiger charge is -2.42. The Hall–Kier alpha value is -2.24. The molecule has 5 nitrogen and oxygen atoms in total. The van der Waals surface area contributed by atoms with Crippen LogP contribution in [0.4, 0.5) is 5.69 Å². The summed E-state index contributed by atoms with van der Waals surface area (Å²) in [4.78, 5) is 10.6. The van der Waals surface area contributed by atoms with Crippen LogP contribution in [0.5, 0.6) is 5.75 Å². The zero-order valence-electron chi connectivity index (χ0n) is 19.4. The molecule has 2 aromatic carbocycles. The summed E-state index contributed by atoms with van der Waals surface area (Å²) in [6, 6.07) is 18.1. The highest BCUT2D eigenvalue weighted by Crippen LogP contribution is 2.35. The molecule has 3 atom stereocenters. The molecule has 0 aromatic heterocycles. The van der Waals surface area contributed by atoms with Gasteiger partial charge in [0, 0.05) is 12.1 Å². The quantitative estimate of drug-likeness (QED) is 0.499. The number of nitrogens with zero attached hydrogens (tertiary/aromatic N) is 1. The Morgan fingerprint density at radius 1 is 1.00 bits per heavy atom. The molecule has 0 radical (unpaired) electrons. The van der Waals surface area contributed by atoms with Gasteiger partial charge in [-0.25, -0.2) is 0 Å². The molecular formula is C26H36N2O3. The molecule has 31 heavy (non-hydrogen) atoms. The topological polar surface area (TPSA) is 59.9 Å². The van der Waals surface area contributed by atoms with E-state index in [1.165, 1.54) is 5.56 Å². The summed E-state index contributed by atoms with van der Waals surface area (Å²) < 4.78 is 12.8. The first kappa shape index (κ1) is 23.4. The summed E-state index contributed by atoms with van der Waals surface area (Å²) in [7, 11) is 0. The van der Waals surface area contributed by atoms with Crippen molar-refractivity contribution in [3.63, 3.8) is 0 Å². The number of para-hydroxylation sites is 1. The molecule has 168 valence electrons. The molecular weight excluding hydrogens is 388 g/mol. The Labute approximate surface area is 186 Å². The fourth-order valence-corrected chi connectivity index (χ4v) is 3.76. The van der Waals surface area contributed by atoms with E-state index in [0.29, 0.717) is 18.3 Å². The number of ether oxygens (including phenoxy) is 2. The minimum Gasteiger partial charge on any atom is -0.491 e. The molecule has 1 aliphatic rings. The van der Waals surface area contributed by atoms with Crippen molar-refractivity contribution in [3.05, 3.63) is 65.1 Å². The third kappa shape index (κ3) is 6.37. The van der Waals surface area contributed by atoms with E-state index < -0.39 is 0 Å². The summed E-state index contributed by atoms with van der Waals surface area (Å²) in [5, 5.41) is 6.77. The van der Waals surface area contributed by atoms with E-state index in [9.17, 15) is 4.91 Å². The largest absolute Gasteiger partial charge is 0.491 e. The molecule has 0 bridgehead atoms. The molecule has 1 heterocycles. The maximum absolute atomic E-state index is 10.6. The van der Waals surface area contributed by atoms with Crippen LogP contribution in [0.3, 0.4) is 0 Å². The lowest BCUT2D eigenvalue weighted by molar-refractivity contribution is -0.148. The van der Waals surface area contributed by atoms with Crippen LogP contribution in [0.2, 0.25) is 0 Å². The third-order valence-electron chi connectivity index (χ3n) is 6.66. The van der Waals surface area contributed by atoms with Crippen molar-refractivity contribution in [2.45, 2.75) is 77.7 Å². The number of rotatable bonds is 9. The second-order valence-corrected chi connectivity index (χ2v) is 10.0. The fraction of sp³-hybridized carbons (Fsp3) is 0.538. The summed E-state index contributed by atoms with van der Waals surface area (Å²) >= 11 is 0. The Balaban J connectivity index is 1.66. The van der Waals surface area contributed by atoms with Crippen molar-refractivity contribution in [2.24, 2.45) is 10.6 Å². The molecule has 3 rings (SSSR count). The SMILES string of the molecule is CC(C)(C)C(C)(C)OC(COc1ccccc1)C1CCC(Cc2ccc(N=O)cc2)N1. The zero-order chi connectivity index (χ0) is 22.5. The Kier molecular flexibility index (Phi) is 7.50. The zero-order valence-corrected chi connectivity index (χ0v) is 19.4. The number of hydrogen-bond donors (Lipinski definition) is 1. The molecule has 0 amide bonds. The number of hydrogen-bond acceptors (Lipinski definition) is 5. The second kappa shape index (κ2) is 9.92. The van der Waals surface area contributed by atoms with E-state index in [2.05, 4.69) is 45.1 Å². The van der Waals surface area contributed by atoms with Crippen LogP contribution in [0, 0.1) is 10.3 Å². The molecule has 0 spiro atoms. The van der Waals surface area contributed by atoms with Crippen molar-refractivity contribution in [3.8, 4) is 5.75 Å². The van der Waals surface area contributed by atoms with Crippen LogP contribution in [-0.2, 0) is 11.2 Å².